The molecule has 0 aromatic carbocycles. The van der Waals surface area contributed by atoms with Crippen LogP contribution in [0.5, 0.6) is 0 Å². The minimum atomic E-state index is -1.31. The summed E-state index contributed by atoms with van der Waals surface area (Å²) in [6, 6.07) is 0. The molecule has 10 heavy (non-hydrogen) atoms. The first-order chi connectivity index (χ1) is 4.67. The summed E-state index contributed by atoms with van der Waals surface area (Å²) in [4.78, 5) is 0. The van der Waals surface area contributed by atoms with Gasteiger partial charge in [-0.2, -0.15) is 0 Å². The van der Waals surface area contributed by atoms with E-state index in [1.54, 1.807) is 0 Å². The maximum atomic E-state index is 9.26. The molecule has 2 heteroatoms. The normalized spacial score (nSPS) is 43.8. The number of hydrogen-bond acceptors (Lipinski definition) is 2. The summed E-state index contributed by atoms with van der Waals surface area (Å²) in [5, 5.41) is 18.5. The highest BCUT2D eigenvalue weighted by atomic mass is 16.5. The molecule has 0 spiro atoms. The van der Waals surface area contributed by atoms with Crippen molar-refractivity contribution in [1.29, 1.82) is 0 Å². The number of hydrogen-bond donors (Lipinski definition) is 2. The Labute approximate surface area is 60.9 Å². The summed E-state index contributed by atoms with van der Waals surface area (Å²) in [5.41, 5.74) is 0. The summed E-state index contributed by atoms with van der Waals surface area (Å²) in [5.74, 6) is -0.0690. The van der Waals surface area contributed by atoms with Crippen LogP contribution in [-0.2, 0) is 0 Å². The Morgan fingerprint density at radius 3 is 2.00 bits per heavy atom. The van der Waals surface area contributed by atoms with E-state index >= 15 is 0 Å². The second-order valence-corrected chi connectivity index (χ2v) is 3.84. The first-order valence-electron chi connectivity index (χ1n) is 4.12. The van der Waals surface area contributed by atoms with Crippen molar-refractivity contribution in [3.8, 4) is 0 Å². The van der Waals surface area contributed by atoms with Gasteiger partial charge in [0.1, 0.15) is 0 Å². The van der Waals surface area contributed by atoms with Crippen LogP contribution in [0.15, 0.2) is 0 Å². The molecular weight excluding hydrogens is 128 g/mol. The van der Waals surface area contributed by atoms with Gasteiger partial charge in [-0.3, -0.25) is 0 Å². The third-order valence-corrected chi connectivity index (χ3v) is 2.99. The summed E-state index contributed by atoms with van der Waals surface area (Å²) in [6.45, 7) is 0. The van der Waals surface area contributed by atoms with Crippen molar-refractivity contribution >= 4 is 0 Å². The molecule has 2 nitrogen and oxygen atoms in total. The molecule has 0 aromatic heterocycles. The van der Waals surface area contributed by atoms with Crippen LogP contribution in [-0.4, -0.2) is 16.0 Å². The second kappa shape index (κ2) is 1.95. The maximum Gasteiger partial charge on any atom is 0.163 e. The molecule has 2 N–H and O–H groups in total. The molecule has 0 aromatic rings. The zero-order valence-electron chi connectivity index (χ0n) is 6.08. The molecule has 0 aliphatic heterocycles. The molecular formula is C8H14O2. The van der Waals surface area contributed by atoms with Gasteiger partial charge in [-0.25, -0.2) is 0 Å². The molecule has 0 heterocycles. The van der Waals surface area contributed by atoms with Crippen LogP contribution in [0.4, 0.5) is 0 Å². The lowest BCUT2D eigenvalue weighted by Crippen LogP contribution is -2.23. The van der Waals surface area contributed by atoms with Crippen molar-refractivity contribution in [2.45, 2.75) is 37.9 Å². The predicted molar refractivity (Wildman–Crippen MR) is 37.2 cm³/mol. The van der Waals surface area contributed by atoms with E-state index in [1.165, 1.54) is 19.3 Å². The fraction of sp³-hybridized carbons (Fsp3) is 1.00. The number of fused-ring (bicyclic) bond motifs is 1. The lowest BCUT2D eigenvalue weighted by atomic mass is 10.0. The second-order valence-electron chi connectivity index (χ2n) is 3.84. The van der Waals surface area contributed by atoms with Gasteiger partial charge in [0.15, 0.2) is 5.79 Å². The Kier molecular flexibility index (Phi) is 1.29. The molecule has 0 radical (unpaired) electrons. The minimum Gasteiger partial charge on any atom is -0.366 e. The van der Waals surface area contributed by atoms with Gasteiger partial charge in [0.25, 0.3) is 0 Å². The Balaban J connectivity index is 2.07. The third-order valence-electron chi connectivity index (χ3n) is 2.99. The number of aliphatic hydroxyl groups is 2. The summed E-state index contributed by atoms with van der Waals surface area (Å²) >= 11 is 0. The van der Waals surface area contributed by atoms with Crippen LogP contribution in [0.25, 0.3) is 0 Å². The molecule has 2 atom stereocenters. The van der Waals surface area contributed by atoms with Gasteiger partial charge in [-0.05, 0) is 24.7 Å². The molecule has 0 amide bonds. The monoisotopic (exact) mass is 142 g/mol. The Hall–Kier alpha value is -0.0800. The molecule has 2 unspecified atom stereocenters. The van der Waals surface area contributed by atoms with Crippen molar-refractivity contribution in [2.24, 2.45) is 11.8 Å². The smallest absolute Gasteiger partial charge is 0.163 e. The predicted octanol–water partition coefficient (Wildman–Crippen LogP) is 0.877. The highest BCUT2D eigenvalue weighted by Gasteiger charge is 2.44. The summed E-state index contributed by atoms with van der Waals surface area (Å²) in [6.07, 6.45) is 4.97. The quantitative estimate of drug-likeness (QED) is 0.493. The van der Waals surface area contributed by atoms with Crippen LogP contribution in [0.1, 0.15) is 32.1 Å². The van der Waals surface area contributed by atoms with Gasteiger partial charge in [0.2, 0.25) is 0 Å². The highest BCUT2D eigenvalue weighted by molar-refractivity contribution is 4.91. The zero-order chi connectivity index (χ0) is 7.19. The van der Waals surface area contributed by atoms with E-state index < -0.39 is 5.79 Å². The summed E-state index contributed by atoms with van der Waals surface area (Å²) < 4.78 is 0. The van der Waals surface area contributed by atoms with Crippen molar-refractivity contribution in [3.63, 3.8) is 0 Å². The standard InChI is InChI=1S/C8H14O2/c9-8(10)4-6-2-1-3-7(6)5-8/h6-7,9-10H,1-5H2. The molecule has 2 rings (SSSR count). The Bertz CT molecular complexity index is 128. The molecule has 2 saturated carbocycles. The fourth-order valence-corrected chi connectivity index (χ4v) is 2.57. The lowest BCUT2D eigenvalue weighted by Gasteiger charge is -2.14. The topological polar surface area (TPSA) is 40.5 Å². The van der Waals surface area contributed by atoms with Crippen LogP contribution < -0.4 is 0 Å². The van der Waals surface area contributed by atoms with Gasteiger partial charge in [0, 0.05) is 12.8 Å². The minimum absolute atomic E-state index is 0.620. The van der Waals surface area contributed by atoms with E-state index in [2.05, 4.69) is 0 Å². The van der Waals surface area contributed by atoms with E-state index in [0.29, 0.717) is 24.7 Å². The number of rotatable bonds is 0. The van der Waals surface area contributed by atoms with E-state index in [0.717, 1.165) is 0 Å². The van der Waals surface area contributed by atoms with Gasteiger partial charge < -0.3 is 10.2 Å². The maximum absolute atomic E-state index is 9.26. The fourth-order valence-electron chi connectivity index (χ4n) is 2.57. The van der Waals surface area contributed by atoms with Crippen LogP contribution in [0, 0.1) is 11.8 Å². The van der Waals surface area contributed by atoms with Gasteiger partial charge in [0.05, 0.1) is 0 Å². The van der Waals surface area contributed by atoms with Crippen LogP contribution >= 0.6 is 0 Å². The van der Waals surface area contributed by atoms with Gasteiger partial charge in [-0.1, -0.05) is 6.42 Å². The first-order valence-corrected chi connectivity index (χ1v) is 4.12. The molecule has 2 aliphatic rings. The Morgan fingerprint density at radius 2 is 1.50 bits per heavy atom. The lowest BCUT2D eigenvalue weighted by molar-refractivity contribution is -0.158. The molecule has 0 bridgehead atoms. The van der Waals surface area contributed by atoms with Gasteiger partial charge in [-0.15, -0.1) is 0 Å². The van der Waals surface area contributed by atoms with Crippen molar-refractivity contribution in [1.82, 2.24) is 0 Å². The van der Waals surface area contributed by atoms with E-state index in [4.69, 9.17) is 0 Å². The van der Waals surface area contributed by atoms with Crippen LogP contribution in [0.3, 0.4) is 0 Å². The molecule has 0 saturated heterocycles. The molecule has 2 aliphatic carbocycles. The van der Waals surface area contributed by atoms with Crippen molar-refractivity contribution in [3.05, 3.63) is 0 Å². The van der Waals surface area contributed by atoms with Gasteiger partial charge >= 0.3 is 0 Å². The zero-order valence-corrected chi connectivity index (χ0v) is 6.08. The molecule has 2 fully saturated rings. The largest absolute Gasteiger partial charge is 0.366 e. The third kappa shape index (κ3) is 0.956. The van der Waals surface area contributed by atoms with E-state index in [-0.39, 0.29) is 0 Å². The van der Waals surface area contributed by atoms with Crippen LogP contribution in [0.2, 0.25) is 0 Å². The Morgan fingerprint density at radius 1 is 1.00 bits per heavy atom. The van der Waals surface area contributed by atoms with E-state index in [1.807, 2.05) is 0 Å². The SMILES string of the molecule is OC1(O)CC2CCCC2C1. The summed E-state index contributed by atoms with van der Waals surface area (Å²) in [7, 11) is 0. The van der Waals surface area contributed by atoms with Crippen molar-refractivity contribution < 1.29 is 10.2 Å². The first kappa shape index (κ1) is 6.62. The highest BCUT2D eigenvalue weighted by Crippen LogP contribution is 2.47. The average Bonchev–Trinajstić information content (AvgIpc) is 2.20. The van der Waals surface area contributed by atoms with E-state index in [9.17, 15) is 10.2 Å². The molecule has 58 valence electrons. The van der Waals surface area contributed by atoms with Crippen molar-refractivity contribution in [2.75, 3.05) is 0 Å². The average molecular weight is 142 g/mol.